The summed E-state index contributed by atoms with van der Waals surface area (Å²) in [6.45, 7) is 7.17. The van der Waals surface area contributed by atoms with Crippen LogP contribution in [0.25, 0.3) is 10.4 Å². The number of nitrogens with zero attached hydrogens (tertiary/aromatic N) is 3. The van der Waals surface area contributed by atoms with Crippen LogP contribution < -0.4 is 47.9 Å². The summed E-state index contributed by atoms with van der Waals surface area (Å²) in [6.07, 6.45) is 1.68. The van der Waals surface area contributed by atoms with Crippen LogP contribution in [0.3, 0.4) is 0 Å². The van der Waals surface area contributed by atoms with E-state index < -0.39 is 5.54 Å². The Kier molecular flexibility index (Phi) is 18.5. The summed E-state index contributed by atoms with van der Waals surface area (Å²) < 4.78 is 0. The summed E-state index contributed by atoms with van der Waals surface area (Å²) in [7, 11) is 7.57. The lowest BCUT2D eigenvalue weighted by atomic mass is 9.98. The van der Waals surface area contributed by atoms with E-state index in [0.29, 0.717) is 64.1 Å². The van der Waals surface area contributed by atoms with Crippen molar-refractivity contribution in [1.82, 2.24) is 47.9 Å². The van der Waals surface area contributed by atoms with Gasteiger partial charge in [-0.1, -0.05) is 5.11 Å². The molecule has 0 aromatic carbocycles. The summed E-state index contributed by atoms with van der Waals surface area (Å²) >= 11 is 5.52. The molecule has 0 saturated carbocycles. The molecule has 0 heterocycles. The Labute approximate surface area is 209 Å². The molecule has 0 rings (SSSR count). The van der Waals surface area contributed by atoms with Crippen molar-refractivity contribution < 1.29 is 4.79 Å². The van der Waals surface area contributed by atoms with Crippen LogP contribution in [0.15, 0.2) is 5.11 Å². The molecular formula is C20H46N12OS. The Morgan fingerprint density at radius 1 is 0.853 bits per heavy atom. The highest BCUT2D eigenvalue weighted by molar-refractivity contribution is 7.80. The second-order valence-corrected chi connectivity index (χ2v) is 8.84. The molecule has 14 heteroatoms. The maximum absolute atomic E-state index is 11.7. The fourth-order valence-electron chi connectivity index (χ4n) is 3.90. The predicted octanol–water partition coefficient (Wildman–Crippen LogP) is -1.83. The molecule has 9 N–H and O–H groups in total. The lowest BCUT2D eigenvalue weighted by Crippen LogP contribution is -2.67. The van der Waals surface area contributed by atoms with Crippen LogP contribution in [0.4, 0.5) is 0 Å². The highest BCUT2D eigenvalue weighted by Gasteiger charge is 2.31. The third kappa shape index (κ3) is 14.5. The summed E-state index contributed by atoms with van der Waals surface area (Å²) in [4.78, 5) is 14.5. The van der Waals surface area contributed by atoms with Gasteiger partial charge in [0.2, 0.25) is 5.91 Å². The van der Waals surface area contributed by atoms with Crippen LogP contribution in [0.2, 0.25) is 0 Å². The Balaban J connectivity index is 4.82. The minimum Gasteiger partial charge on any atom is -0.363 e. The van der Waals surface area contributed by atoms with Gasteiger partial charge in [0, 0.05) is 70.9 Å². The van der Waals surface area contributed by atoms with E-state index in [9.17, 15) is 4.79 Å². The van der Waals surface area contributed by atoms with Crippen LogP contribution in [0.1, 0.15) is 19.8 Å². The predicted molar refractivity (Wildman–Crippen MR) is 143 cm³/mol. The topological polar surface area (TPSA) is 174 Å². The van der Waals surface area contributed by atoms with Gasteiger partial charge >= 0.3 is 0 Å². The van der Waals surface area contributed by atoms with Crippen molar-refractivity contribution in [3.8, 4) is 0 Å². The SMILES string of the molecule is CNCC(CNC)(CNCNCC(CNC)(CNC)NC(=S)NCCCCN=[N+]=[N-])NC(C)=O. The van der Waals surface area contributed by atoms with Crippen LogP contribution in [-0.4, -0.2) is 109 Å². The van der Waals surface area contributed by atoms with Crippen molar-refractivity contribution in [2.75, 3.05) is 87.2 Å². The van der Waals surface area contributed by atoms with Gasteiger partial charge in [-0.15, -0.1) is 0 Å². The van der Waals surface area contributed by atoms with Gasteiger partial charge in [0.05, 0.1) is 11.1 Å². The van der Waals surface area contributed by atoms with Crippen LogP contribution in [0.5, 0.6) is 0 Å². The van der Waals surface area contributed by atoms with Crippen molar-refractivity contribution in [3.63, 3.8) is 0 Å². The fraction of sp³-hybridized carbons (Fsp3) is 0.900. The van der Waals surface area contributed by atoms with Gasteiger partial charge in [-0.05, 0) is 58.8 Å². The molecule has 0 atom stereocenters. The molecule has 198 valence electrons. The molecule has 0 aliphatic heterocycles. The third-order valence-corrected chi connectivity index (χ3v) is 5.34. The van der Waals surface area contributed by atoms with Crippen LogP contribution in [0, 0.1) is 0 Å². The fourth-order valence-corrected chi connectivity index (χ4v) is 4.22. The summed E-state index contributed by atoms with van der Waals surface area (Å²) in [5.41, 5.74) is 7.54. The van der Waals surface area contributed by atoms with E-state index in [1.807, 2.05) is 28.2 Å². The molecular weight excluding hydrogens is 456 g/mol. The van der Waals surface area contributed by atoms with Gasteiger partial charge in [0.25, 0.3) is 0 Å². The lowest BCUT2D eigenvalue weighted by molar-refractivity contribution is -0.120. The van der Waals surface area contributed by atoms with Crippen LogP contribution in [-0.2, 0) is 4.79 Å². The molecule has 0 radical (unpaired) electrons. The number of amides is 1. The third-order valence-electron chi connectivity index (χ3n) is 5.09. The summed E-state index contributed by atoms with van der Waals surface area (Å²) in [5, 5.41) is 33.6. The van der Waals surface area contributed by atoms with Crippen molar-refractivity contribution in [1.29, 1.82) is 0 Å². The average Bonchev–Trinajstić information content (AvgIpc) is 2.76. The zero-order valence-electron chi connectivity index (χ0n) is 21.4. The van der Waals surface area contributed by atoms with E-state index in [1.54, 1.807) is 0 Å². The van der Waals surface area contributed by atoms with Crippen molar-refractivity contribution in [2.24, 2.45) is 5.11 Å². The number of thiocarbonyl (C=S) groups is 1. The number of rotatable bonds is 21. The minimum absolute atomic E-state index is 0.0645. The first-order valence-corrected chi connectivity index (χ1v) is 12.1. The first-order chi connectivity index (χ1) is 16.3. The quantitative estimate of drug-likeness (QED) is 0.0217. The maximum atomic E-state index is 11.7. The Bertz CT molecular complexity index is 602. The highest BCUT2D eigenvalue weighted by atomic mass is 32.1. The highest BCUT2D eigenvalue weighted by Crippen LogP contribution is 2.03. The zero-order valence-corrected chi connectivity index (χ0v) is 22.3. The second kappa shape index (κ2) is 19.5. The summed E-state index contributed by atoms with van der Waals surface area (Å²) in [6, 6.07) is 0. The molecule has 34 heavy (non-hydrogen) atoms. The van der Waals surface area contributed by atoms with E-state index >= 15 is 0 Å². The molecule has 0 aliphatic rings. The van der Waals surface area contributed by atoms with Crippen molar-refractivity contribution in [2.45, 2.75) is 30.8 Å². The Morgan fingerprint density at radius 2 is 1.35 bits per heavy atom. The average molecular weight is 503 g/mol. The maximum Gasteiger partial charge on any atom is 0.217 e. The number of likely N-dealkylation sites (N-methyl/N-ethyl adjacent to an activating group) is 4. The summed E-state index contributed by atoms with van der Waals surface area (Å²) in [5.74, 6) is -0.0645. The molecule has 0 aromatic heterocycles. The number of nitrogens with one attached hydrogen (secondary N) is 9. The molecule has 0 aliphatic carbocycles. The van der Waals surface area contributed by atoms with Gasteiger partial charge in [-0.25, -0.2) is 0 Å². The standard InChI is InChI=1S/C20H46N12OS/c1-17(33)30-19(10-22-2,11-23-3)14-26-16-27-15-20(12-24-4,13-25-5)31-18(34)28-8-6-7-9-29-32-21/h22-27H,6-16H2,1-5H3,(H,30,33)(H2,28,31,34). The Hall–Kier alpha value is -1.77. The molecule has 0 fully saturated rings. The molecule has 0 spiro atoms. The Morgan fingerprint density at radius 3 is 1.79 bits per heavy atom. The van der Waals surface area contributed by atoms with Gasteiger partial charge in [-0.2, -0.15) is 0 Å². The van der Waals surface area contributed by atoms with Gasteiger partial charge in [0.15, 0.2) is 5.11 Å². The first kappa shape index (κ1) is 32.2. The smallest absolute Gasteiger partial charge is 0.217 e. The van der Waals surface area contributed by atoms with Gasteiger partial charge in [-0.3, -0.25) is 4.79 Å². The minimum atomic E-state index is -0.438. The van der Waals surface area contributed by atoms with Crippen molar-refractivity contribution in [3.05, 3.63) is 10.4 Å². The van der Waals surface area contributed by atoms with Gasteiger partial charge < -0.3 is 47.9 Å². The van der Waals surface area contributed by atoms with E-state index in [4.69, 9.17) is 17.7 Å². The van der Waals surface area contributed by atoms with Gasteiger partial charge in [0.1, 0.15) is 0 Å². The molecule has 0 aromatic rings. The normalized spacial score (nSPS) is 11.6. The van der Waals surface area contributed by atoms with E-state index in [1.165, 1.54) is 6.92 Å². The van der Waals surface area contributed by atoms with E-state index in [-0.39, 0.29) is 11.4 Å². The van der Waals surface area contributed by atoms with Crippen molar-refractivity contribution >= 4 is 23.2 Å². The van der Waals surface area contributed by atoms with E-state index in [0.717, 1.165) is 12.8 Å². The molecule has 0 unspecified atom stereocenters. The second-order valence-electron chi connectivity index (χ2n) is 8.44. The number of unbranched alkanes of at least 4 members (excludes halogenated alkanes) is 1. The monoisotopic (exact) mass is 502 g/mol. The zero-order chi connectivity index (χ0) is 25.7. The number of hydrogen-bond donors (Lipinski definition) is 9. The molecule has 13 nitrogen and oxygen atoms in total. The van der Waals surface area contributed by atoms with Crippen LogP contribution >= 0.6 is 12.2 Å². The molecule has 0 bridgehead atoms. The number of hydrogen-bond acceptors (Lipinski definition) is 9. The molecule has 0 saturated heterocycles. The lowest BCUT2D eigenvalue weighted by Gasteiger charge is -2.37. The largest absolute Gasteiger partial charge is 0.363 e. The molecule has 1 amide bonds. The first-order valence-electron chi connectivity index (χ1n) is 11.7. The number of carbonyl (C=O) groups is 1. The van der Waals surface area contributed by atoms with E-state index in [2.05, 4.69) is 57.9 Å². The number of carbonyl (C=O) groups excluding carboxylic acids is 1. The number of azide groups is 1.